The van der Waals surface area contributed by atoms with E-state index in [4.69, 9.17) is 4.74 Å². The van der Waals surface area contributed by atoms with Crippen molar-refractivity contribution in [3.8, 4) is 0 Å². The van der Waals surface area contributed by atoms with E-state index in [1.807, 2.05) is 19.2 Å². The van der Waals surface area contributed by atoms with Crippen molar-refractivity contribution in [1.82, 2.24) is 24.9 Å². The molecule has 2 heterocycles. The van der Waals surface area contributed by atoms with E-state index in [-0.39, 0.29) is 6.42 Å². The van der Waals surface area contributed by atoms with Crippen LogP contribution in [0.2, 0.25) is 0 Å². The summed E-state index contributed by atoms with van der Waals surface area (Å²) in [4.78, 5) is 42.9. The van der Waals surface area contributed by atoms with Crippen molar-refractivity contribution in [3.05, 3.63) is 23.3 Å². The Morgan fingerprint density at radius 3 is 2.72 bits per heavy atom. The van der Waals surface area contributed by atoms with E-state index in [1.165, 1.54) is 13.3 Å². The van der Waals surface area contributed by atoms with E-state index < -0.39 is 24.1 Å². The molecule has 0 aliphatic heterocycles. The van der Waals surface area contributed by atoms with Gasteiger partial charge in [0.2, 0.25) is 0 Å². The second-order valence-corrected chi connectivity index (χ2v) is 5.35. The molecule has 2 aromatic rings. The lowest BCUT2D eigenvalue weighted by Crippen LogP contribution is -2.39. The summed E-state index contributed by atoms with van der Waals surface area (Å²) < 4.78 is 10.9. The first-order valence-electron chi connectivity index (χ1n) is 7.57. The average molecular weight is 349 g/mol. The quantitative estimate of drug-likeness (QED) is 0.773. The van der Waals surface area contributed by atoms with Crippen LogP contribution in [0.15, 0.2) is 6.33 Å². The molecule has 0 spiro atoms. The van der Waals surface area contributed by atoms with Crippen LogP contribution < -0.4 is 5.32 Å². The fourth-order valence-electron chi connectivity index (χ4n) is 2.31. The minimum Gasteiger partial charge on any atom is -0.453 e. The third-order valence-corrected chi connectivity index (χ3v) is 3.66. The van der Waals surface area contributed by atoms with Crippen LogP contribution in [0.25, 0.3) is 5.78 Å². The molecule has 10 nitrogen and oxygen atoms in total. The van der Waals surface area contributed by atoms with Crippen LogP contribution in [0.5, 0.6) is 0 Å². The third kappa shape index (κ3) is 4.28. The van der Waals surface area contributed by atoms with Gasteiger partial charge in [0, 0.05) is 17.8 Å². The highest BCUT2D eigenvalue weighted by molar-refractivity contribution is 5.94. The zero-order valence-electron chi connectivity index (χ0n) is 14.4. The number of hydrogen-bond donors (Lipinski definition) is 1. The minimum atomic E-state index is -1.11. The van der Waals surface area contributed by atoms with Gasteiger partial charge in [-0.2, -0.15) is 10.1 Å². The van der Waals surface area contributed by atoms with Gasteiger partial charge in [-0.15, -0.1) is 0 Å². The second kappa shape index (κ2) is 7.69. The predicted molar refractivity (Wildman–Crippen MR) is 84.7 cm³/mol. The number of methoxy groups -OCH3 is 1. The van der Waals surface area contributed by atoms with Crippen LogP contribution in [-0.4, -0.2) is 50.8 Å². The Labute approximate surface area is 143 Å². The molecule has 1 atom stereocenters. The molecule has 2 aromatic heterocycles. The summed E-state index contributed by atoms with van der Waals surface area (Å²) in [6.07, 6.45) is -0.172. The Morgan fingerprint density at radius 2 is 2.04 bits per heavy atom. The molecule has 0 radical (unpaired) electrons. The number of alkyl carbamates (subject to hydrolysis) is 1. The summed E-state index contributed by atoms with van der Waals surface area (Å²) in [6, 6.07) is 0. The van der Waals surface area contributed by atoms with Gasteiger partial charge in [0.25, 0.3) is 11.7 Å². The lowest BCUT2D eigenvalue weighted by Gasteiger charge is -2.13. The predicted octanol–water partition coefficient (Wildman–Crippen LogP) is 0.488. The maximum atomic E-state index is 11.9. The zero-order chi connectivity index (χ0) is 18.6. The van der Waals surface area contributed by atoms with Gasteiger partial charge in [0.05, 0.1) is 7.11 Å². The highest BCUT2D eigenvalue weighted by atomic mass is 16.6. The van der Waals surface area contributed by atoms with Crippen LogP contribution in [0.1, 0.15) is 30.3 Å². The molecule has 0 unspecified atom stereocenters. The molecule has 0 saturated carbocycles. The number of imide groups is 1. The monoisotopic (exact) mass is 349 g/mol. The smallest absolute Gasteiger partial charge is 0.413 e. The summed E-state index contributed by atoms with van der Waals surface area (Å²) in [5, 5.41) is 6.02. The Bertz CT molecular complexity index is 816. The molecule has 0 aromatic carbocycles. The lowest BCUT2D eigenvalue weighted by molar-refractivity contribution is -0.154. The topological polar surface area (TPSA) is 125 Å². The number of esters is 1. The summed E-state index contributed by atoms with van der Waals surface area (Å²) in [7, 11) is 1.13. The lowest BCUT2D eigenvalue weighted by atomic mass is 10.1. The number of rotatable bonds is 5. The number of amides is 2. The van der Waals surface area contributed by atoms with Crippen molar-refractivity contribution in [2.75, 3.05) is 7.11 Å². The van der Waals surface area contributed by atoms with Crippen LogP contribution in [-0.2, 0) is 25.5 Å². The minimum absolute atomic E-state index is 0.0550. The Hall–Kier alpha value is -3.04. The number of hydrogen-bond acceptors (Lipinski definition) is 8. The Balaban J connectivity index is 1.96. The third-order valence-electron chi connectivity index (χ3n) is 3.66. The molecular weight excluding hydrogens is 330 g/mol. The highest BCUT2D eigenvalue weighted by Crippen LogP contribution is 2.15. The molecule has 2 rings (SSSR count). The second-order valence-electron chi connectivity index (χ2n) is 5.35. The van der Waals surface area contributed by atoms with Crippen LogP contribution >= 0.6 is 0 Å². The van der Waals surface area contributed by atoms with Gasteiger partial charge in [-0.1, -0.05) is 0 Å². The largest absolute Gasteiger partial charge is 0.453 e. The van der Waals surface area contributed by atoms with Gasteiger partial charge in [-0.25, -0.2) is 14.3 Å². The summed E-state index contributed by atoms with van der Waals surface area (Å²) >= 11 is 0. The summed E-state index contributed by atoms with van der Waals surface area (Å²) in [6.45, 7) is 5.06. The fourth-order valence-corrected chi connectivity index (χ4v) is 2.31. The van der Waals surface area contributed by atoms with Crippen molar-refractivity contribution in [2.24, 2.45) is 0 Å². The average Bonchev–Trinajstić information content (AvgIpc) is 3.02. The Kier molecular flexibility index (Phi) is 5.63. The molecule has 1 N–H and O–H groups in total. The summed E-state index contributed by atoms with van der Waals surface area (Å²) in [5.74, 6) is -0.822. The van der Waals surface area contributed by atoms with E-state index in [0.29, 0.717) is 12.2 Å². The zero-order valence-corrected chi connectivity index (χ0v) is 14.4. The van der Waals surface area contributed by atoms with Crippen molar-refractivity contribution >= 4 is 23.7 Å². The van der Waals surface area contributed by atoms with Gasteiger partial charge in [0.1, 0.15) is 6.33 Å². The number of aromatic nitrogens is 4. The van der Waals surface area contributed by atoms with E-state index in [1.54, 1.807) is 4.52 Å². The molecule has 134 valence electrons. The van der Waals surface area contributed by atoms with Crippen LogP contribution in [0.4, 0.5) is 4.79 Å². The standard InChI is InChI=1S/C15H19N5O5/c1-8-11(9(2)20-14(18-8)16-7-17-20)5-6-12(21)25-10(3)13(22)19-15(23)24-4/h7,10H,5-6H2,1-4H3,(H,19,22,23)/t10-/m1/s1. The molecule has 0 aliphatic rings. The van der Waals surface area contributed by atoms with Crippen molar-refractivity contribution < 1.29 is 23.9 Å². The van der Waals surface area contributed by atoms with E-state index >= 15 is 0 Å². The highest BCUT2D eigenvalue weighted by Gasteiger charge is 2.20. The molecule has 0 bridgehead atoms. The molecule has 0 aliphatic carbocycles. The molecule has 0 saturated heterocycles. The molecular formula is C15H19N5O5. The number of carbonyl (C=O) groups is 3. The summed E-state index contributed by atoms with van der Waals surface area (Å²) in [5.41, 5.74) is 2.45. The van der Waals surface area contributed by atoms with Gasteiger partial charge in [-0.05, 0) is 32.8 Å². The molecule has 25 heavy (non-hydrogen) atoms. The maximum absolute atomic E-state index is 11.9. The van der Waals surface area contributed by atoms with E-state index in [0.717, 1.165) is 24.1 Å². The van der Waals surface area contributed by atoms with Gasteiger partial charge < -0.3 is 9.47 Å². The molecule has 0 fully saturated rings. The Morgan fingerprint density at radius 1 is 1.32 bits per heavy atom. The van der Waals surface area contributed by atoms with E-state index in [2.05, 4.69) is 19.8 Å². The maximum Gasteiger partial charge on any atom is 0.413 e. The normalized spacial score (nSPS) is 11.8. The molecule has 2 amide bonds. The van der Waals surface area contributed by atoms with Gasteiger partial charge in [0.15, 0.2) is 6.10 Å². The number of aryl methyl sites for hydroxylation is 2. The first kappa shape index (κ1) is 18.3. The van der Waals surface area contributed by atoms with Crippen molar-refractivity contribution in [2.45, 2.75) is 39.7 Å². The number of nitrogens with zero attached hydrogens (tertiary/aromatic N) is 4. The number of ether oxygens (including phenoxy) is 2. The van der Waals surface area contributed by atoms with E-state index in [9.17, 15) is 14.4 Å². The SMILES string of the molecule is COC(=O)NC(=O)[C@@H](C)OC(=O)CCc1c(C)nc2ncnn2c1C. The number of carbonyl (C=O) groups excluding carboxylic acids is 3. The van der Waals surface area contributed by atoms with Crippen LogP contribution in [0.3, 0.4) is 0 Å². The first-order valence-corrected chi connectivity index (χ1v) is 7.57. The fraction of sp³-hybridized carbons (Fsp3) is 0.467. The van der Waals surface area contributed by atoms with Crippen LogP contribution in [0, 0.1) is 13.8 Å². The van der Waals surface area contributed by atoms with Crippen molar-refractivity contribution in [3.63, 3.8) is 0 Å². The first-order chi connectivity index (χ1) is 11.8. The van der Waals surface area contributed by atoms with Gasteiger partial charge >= 0.3 is 12.1 Å². The number of nitrogens with one attached hydrogen (secondary N) is 1. The van der Waals surface area contributed by atoms with Crippen molar-refractivity contribution in [1.29, 1.82) is 0 Å². The number of fused-ring (bicyclic) bond motifs is 1. The van der Waals surface area contributed by atoms with Gasteiger partial charge in [-0.3, -0.25) is 14.9 Å². The molecule has 10 heteroatoms.